The van der Waals surface area contributed by atoms with Crippen molar-refractivity contribution in [2.75, 3.05) is 6.54 Å². The van der Waals surface area contributed by atoms with Crippen LogP contribution in [-0.4, -0.2) is 26.2 Å². The van der Waals surface area contributed by atoms with E-state index in [1.165, 1.54) is 24.1 Å². The molecule has 6 nitrogen and oxygen atoms in total. The molecule has 0 saturated carbocycles. The van der Waals surface area contributed by atoms with Crippen LogP contribution in [0.5, 0.6) is 0 Å². The minimum absolute atomic E-state index is 0.0628. The van der Waals surface area contributed by atoms with Crippen molar-refractivity contribution in [3.63, 3.8) is 0 Å². The molecule has 7 heteroatoms. The molecule has 0 bridgehead atoms. The third kappa shape index (κ3) is 2.92. The van der Waals surface area contributed by atoms with Gasteiger partial charge < -0.3 is 4.57 Å². The maximum atomic E-state index is 13.2. The quantitative estimate of drug-likeness (QED) is 0.532. The number of aromatic nitrogens is 3. The molecular weight excluding hydrogens is 191 g/mol. The van der Waals surface area contributed by atoms with Gasteiger partial charge in [0, 0.05) is 10.5 Å². The summed E-state index contributed by atoms with van der Waals surface area (Å²) in [6.45, 7) is 0.850. The Bertz CT molecular complexity index is 347. The van der Waals surface area contributed by atoms with Crippen molar-refractivity contribution in [2.24, 2.45) is 0 Å². The van der Waals surface area contributed by atoms with E-state index in [4.69, 9.17) is 0 Å². The van der Waals surface area contributed by atoms with Crippen molar-refractivity contribution in [2.45, 2.75) is 13.5 Å². The Labute approximate surface area is 79.2 Å². The van der Waals surface area contributed by atoms with Gasteiger partial charge in [-0.1, -0.05) is 0 Å². The summed E-state index contributed by atoms with van der Waals surface area (Å²) >= 11 is 0. The number of allylic oxidation sites excluding steroid dienone is 1. The van der Waals surface area contributed by atoms with Crippen molar-refractivity contribution in [3.8, 4) is 0 Å². The van der Waals surface area contributed by atoms with Gasteiger partial charge in [0.1, 0.15) is 18.5 Å². The van der Waals surface area contributed by atoms with E-state index in [-0.39, 0.29) is 12.1 Å². The second-order valence-corrected chi connectivity index (χ2v) is 2.81. The summed E-state index contributed by atoms with van der Waals surface area (Å²) in [4.78, 5) is 9.52. The number of nitro groups is 1. The highest BCUT2D eigenvalue weighted by molar-refractivity contribution is 5.05. The highest BCUT2D eigenvalue weighted by atomic mass is 19.1. The van der Waals surface area contributed by atoms with Crippen LogP contribution >= 0.6 is 0 Å². The molecule has 76 valence electrons. The van der Waals surface area contributed by atoms with Crippen LogP contribution < -0.4 is 0 Å². The standard InChI is InChI=1S/C7H9FN4O2/c1-6(2-12(13)14)7(8)3-11-4-9-10-5-11/h4-5H,2-3H2,1H3/b7-6+. The smallest absolute Gasteiger partial charge is 0.227 e. The fourth-order valence-corrected chi connectivity index (χ4v) is 0.878. The molecule has 14 heavy (non-hydrogen) atoms. The normalized spacial score (nSPS) is 12.4. The van der Waals surface area contributed by atoms with E-state index in [9.17, 15) is 14.5 Å². The first-order valence-corrected chi connectivity index (χ1v) is 3.88. The van der Waals surface area contributed by atoms with Crippen LogP contribution in [0.15, 0.2) is 24.1 Å². The van der Waals surface area contributed by atoms with Crippen LogP contribution in [0.1, 0.15) is 6.92 Å². The molecule has 0 radical (unpaired) electrons. The highest BCUT2D eigenvalue weighted by Crippen LogP contribution is 2.08. The molecule has 0 fully saturated rings. The number of hydrogen-bond acceptors (Lipinski definition) is 4. The number of nitrogens with zero attached hydrogens (tertiary/aromatic N) is 4. The van der Waals surface area contributed by atoms with Gasteiger partial charge in [-0.15, -0.1) is 10.2 Å². The van der Waals surface area contributed by atoms with E-state index in [0.717, 1.165) is 0 Å². The zero-order valence-electron chi connectivity index (χ0n) is 7.55. The molecule has 1 rings (SSSR count). The molecule has 0 aliphatic carbocycles. The Kier molecular flexibility index (Phi) is 3.27. The number of rotatable bonds is 4. The summed E-state index contributed by atoms with van der Waals surface area (Å²) in [7, 11) is 0. The zero-order chi connectivity index (χ0) is 10.6. The molecule has 0 spiro atoms. The lowest BCUT2D eigenvalue weighted by atomic mass is 10.2. The van der Waals surface area contributed by atoms with Gasteiger partial charge in [-0.05, 0) is 6.92 Å². The predicted molar refractivity (Wildman–Crippen MR) is 45.7 cm³/mol. The Morgan fingerprint density at radius 1 is 1.57 bits per heavy atom. The van der Waals surface area contributed by atoms with Gasteiger partial charge in [0.25, 0.3) is 0 Å². The fraction of sp³-hybridized carbons (Fsp3) is 0.429. The van der Waals surface area contributed by atoms with E-state index in [1.807, 2.05) is 0 Å². The van der Waals surface area contributed by atoms with E-state index in [0.29, 0.717) is 0 Å². The van der Waals surface area contributed by atoms with Gasteiger partial charge in [0.15, 0.2) is 0 Å². The molecule has 0 unspecified atom stereocenters. The van der Waals surface area contributed by atoms with Crippen LogP contribution in [0.25, 0.3) is 0 Å². The van der Waals surface area contributed by atoms with Crippen LogP contribution in [0.4, 0.5) is 4.39 Å². The first kappa shape index (κ1) is 10.3. The summed E-state index contributed by atoms with van der Waals surface area (Å²) in [5.41, 5.74) is 0.115. The minimum Gasteiger partial charge on any atom is -0.313 e. The molecule has 0 amide bonds. The molecule has 1 aromatic rings. The number of hydrogen-bond donors (Lipinski definition) is 0. The van der Waals surface area contributed by atoms with Crippen molar-refractivity contribution >= 4 is 0 Å². The van der Waals surface area contributed by atoms with Gasteiger partial charge in [-0.25, -0.2) is 4.39 Å². The van der Waals surface area contributed by atoms with Crippen molar-refractivity contribution in [3.05, 3.63) is 34.2 Å². The van der Waals surface area contributed by atoms with Crippen molar-refractivity contribution < 1.29 is 9.31 Å². The average Bonchev–Trinajstić information content (AvgIpc) is 2.55. The van der Waals surface area contributed by atoms with Crippen LogP contribution in [0.2, 0.25) is 0 Å². The first-order valence-electron chi connectivity index (χ1n) is 3.88. The van der Waals surface area contributed by atoms with E-state index < -0.39 is 17.3 Å². The minimum atomic E-state index is -0.568. The van der Waals surface area contributed by atoms with Gasteiger partial charge in [0.05, 0.1) is 6.54 Å². The summed E-state index contributed by atoms with van der Waals surface area (Å²) in [6.07, 6.45) is 2.69. The van der Waals surface area contributed by atoms with Crippen molar-refractivity contribution in [1.82, 2.24) is 14.8 Å². The predicted octanol–water partition coefficient (Wildman–Crippen LogP) is 0.798. The average molecular weight is 200 g/mol. The van der Waals surface area contributed by atoms with Gasteiger partial charge in [0.2, 0.25) is 6.54 Å². The Hall–Kier alpha value is -1.79. The lowest BCUT2D eigenvalue weighted by Gasteiger charge is -2.00. The van der Waals surface area contributed by atoms with Crippen LogP contribution in [0.3, 0.4) is 0 Å². The molecule has 0 aromatic carbocycles. The summed E-state index contributed by atoms with van der Waals surface area (Å²) in [6, 6.07) is 0. The molecular formula is C7H9FN4O2. The maximum Gasteiger partial charge on any atom is 0.227 e. The molecule has 0 aliphatic heterocycles. The maximum absolute atomic E-state index is 13.2. The Balaban J connectivity index is 2.64. The second-order valence-electron chi connectivity index (χ2n) is 2.81. The zero-order valence-corrected chi connectivity index (χ0v) is 7.55. The first-order chi connectivity index (χ1) is 6.59. The summed E-state index contributed by atoms with van der Waals surface area (Å²) < 4.78 is 14.6. The molecule has 0 aliphatic rings. The Morgan fingerprint density at radius 2 is 2.14 bits per heavy atom. The molecule has 1 aromatic heterocycles. The van der Waals surface area contributed by atoms with E-state index in [1.54, 1.807) is 0 Å². The highest BCUT2D eigenvalue weighted by Gasteiger charge is 2.08. The molecule has 1 heterocycles. The Morgan fingerprint density at radius 3 is 2.64 bits per heavy atom. The number of halogens is 1. The van der Waals surface area contributed by atoms with Gasteiger partial charge in [-0.2, -0.15) is 0 Å². The van der Waals surface area contributed by atoms with Crippen LogP contribution in [-0.2, 0) is 6.54 Å². The second kappa shape index (κ2) is 4.45. The third-order valence-corrected chi connectivity index (χ3v) is 1.62. The fourth-order valence-electron chi connectivity index (χ4n) is 0.878. The van der Waals surface area contributed by atoms with Gasteiger partial charge in [-0.3, -0.25) is 10.1 Å². The lowest BCUT2D eigenvalue weighted by Crippen LogP contribution is -2.06. The summed E-state index contributed by atoms with van der Waals surface area (Å²) in [5.74, 6) is -0.526. The topological polar surface area (TPSA) is 73.8 Å². The molecule has 0 atom stereocenters. The SMILES string of the molecule is C/C(C[N+](=O)[O-])=C(\F)Cn1cnnc1. The third-order valence-electron chi connectivity index (χ3n) is 1.62. The van der Waals surface area contributed by atoms with Crippen LogP contribution in [0, 0.1) is 10.1 Å². The van der Waals surface area contributed by atoms with E-state index >= 15 is 0 Å². The summed E-state index contributed by atoms with van der Waals surface area (Å²) in [5, 5.41) is 17.1. The molecule has 0 saturated heterocycles. The lowest BCUT2D eigenvalue weighted by molar-refractivity contribution is -0.471. The van der Waals surface area contributed by atoms with Gasteiger partial charge >= 0.3 is 0 Å². The molecule has 0 N–H and O–H groups in total. The van der Waals surface area contributed by atoms with Crippen molar-refractivity contribution in [1.29, 1.82) is 0 Å². The largest absolute Gasteiger partial charge is 0.313 e. The van der Waals surface area contributed by atoms with E-state index in [2.05, 4.69) is 10.2 Å². The monoisotopic (exact) mass is 200 g/mol.